The zero-order valence-electron chi connectivity index (χ0n) is 10.5. The largest absolute Gasteiger partial charge is 0.396 e. The molecule has 1 aliphatic rings. The number of nitrogens with zero attached hydrogens (tertiary/aromatic N) is 1. The number of hydrogen-bond donors (Lipinski definition) is 1. The molecule has 1 fully saturated rings. The number of rotatable bonds is 3. The Morgan fingerprint density at radius 2 is 2.18 bits per heavy atom. The molecule has 2 nitrogen and oxygen atoms in total. The molecule has 0 bridgehead atoms. The van der Waals surface area contributed by atoms with Crippen molar-refractivity contribution in [1.82, 2.24) is 0 Å². The first-order chi connectivity index (χ1) is 8.13. The number of aryl methyl sites for hydroxylation is 2. The van der Waals surface area contributed by atoms with E-state index >= 15 is 0 Å². The molecule has 0 aromatic heterocycles. The van der Waals surface area contributed by atoms with Crippen LogP contribution >= 0.6 is 11.6 Å². The van der Waals surface area contributed by atoms with Crippen molar-refractivity contribution >= 4 is 17.3 Å². The lowest BCUT2D eigenvalue weighted by Gasteiger charge is -2.29. The smallest absolute Gasteiger partial charge is 0.0645 e. The van der Waals surface area contributed by atoms with Crippen LogP contribution in [0.2, 0.25) is 5.02 Å². The van der Waals surface area contributed by atoms with Crippen LogP contribution in [0.25, 0.3) is 0 Å². The number of benzene rings is 1. The van der Waals surface area contributed by atoms with Crippen molar-refractivity contribution in [3.05, 3.63) is 28.3 Å². The lowest BCUT2D eigenvalue weighted by Crippen LogP contribution is -2.30. The van der Waals surface area contributed by atoms with Crippen LogP contribution in [-0.2, 0) is 0 Å². The van der Waals surface area contributed by atoms with Gasteiger partial charge in [-0.25, -0.2) is 0 Å². The molecule has 0 spiro atoms. The molecular formula is C14H20ClNO. The number of halogens is 1. The first-order valence-electron chi connectivity index (χ1n) is 6.27. The zero-order valence-corrected chi connectivity index (χ0v) is 11.3. The third kappa shape index (κ3) is 2.58. The molecule has 2 rings (SSSR count). The number of hydrogen-bond acceptors (Lipinski definition) is 2. The topological polar surface area (TPSA) is 23.5 Å². The highest BCUT2D eigenvalue weighted by Gasteiger charge is 2.26. The van der Waals surface area contributed by atoms with Crippen LogP contribution in [0.15, 0.2) is 12.1 Å². The highest BCUT2D eigenvalue weighted by Crippen LogP contribution is 2.36. The molecule has 0 radical (unpaired) electrons. The Labute approximate surface area is 108 Å². The minimum Gasteiger partial charge on any atom is -0.396 e. The fourth-order valence-electron chi connectivity index (χ4n) is 2.85. The minimum absolute atomic E-state index is 0.254. The number of aliphatic hydroxyl groups is 1. The van der Waals surface area contributed by atoms with Crippen molar-refractivity contribution < 1.29 is 5.11 Å². The molecule has 1 aromatic carbocycles. The maximum absolute atomic E-state index is 9.11. The van der Waals surface area contributed by atoms with Crippen LogP contribution in [0.4, 0.5) is 5.69 Å². The summed E-state index contributed by atoms with van der Waals surface area (Å²) in [5.41, 5.74) is 3.60. The molecule has 1 aromatic rings. The highest BCUT2D eigenvalue weighted by molar-refractivity contribution is 6.33. The molecule has 3 heteroatoms. The van der Waals surface area contributed by atoms with E-state index < -0.39 is 0 Å². The number of aliphatic hydroxyl groups excluding tert-OH is 1. The Kier molecular flexibility index (Phi) is 3.95. The lowest BCUT2D eigenvalue weighted by molar-refractivity contribution is 0.276. The zero-order chi connectivity index (χ0) is 12.4. The predicted octanol–water partition coefficient (Wildman–Crippen LogP) is 3.31. The van der Waals surface area contributed by atoms with E-state index in [1.54, 1.807) is 0 Å². The summed E-state index contributed by atoms with van der Waals surface area (Å²) in [6, 6.07) is 4.65. The third-order valence-electron chi connectivity index (χ3n) is 3.52. The third-order valence-corrected chi connectivity index (χ3v) is 3.81. The molecule has 1 aliphatic heterocycles. The van der Waals surface area contributed by atoms with Crippen LogP contribution in [0, 0.1) is 13.8 Å². The van der Waals surface area contributed by atoms with Crippen molar-refractivity contribution in [2.24, 2.45) is 0 Å². The molecule has 1 heterocycles. The molecular weight excluding hydrogens is 234 g/mol. The maximum atomic E-state index is 9.11. The van der Waals surface area contributed by atoms with Crippen LogP contribution in [0.1, 0.15) is 30.4 Å². The van der Waals surface area contributed by atoms with Gasteiger partial charge < -0.3 is 10.0 Å². The van der Waals surface area contributed by atoms with Gasteiger partial charge in [0.2, 0.25) is 0 Å². The van der Waals surface area contributed by atoms with E-state index in [4.69, 9.17) is 16.7 Å². The van der Waals surface area contributed by atoms with Gasteiger partial charge in [0.15, 0.2) is 0 Å². The van der Waals surface area contributed by atoms with E-state index in [0.717, 1.165) is 30.1 Å². The fourth-order valence-corrected chi connectivity index (χ4v) is 3.28. The van der Waals surface area contributed by atoms with E-state index in [2.05, 4.69) is 24.8 Å². The summed E-state index contributed by atoms with van der Waals surface area (Å²) in [7, 11) is 0. The average Bonchev–Trinajstić information content (AvgIpc) is 2.65. The maximum Gasteiger partial charge on any atom is 0.0645 e. The van der Waals surface area contributed by atoms with Crippen LogP contribution in [0.3, 0.4) is 0 Å². The van der Waals surface area contributed by atoms with E-state index in [1.807, 2.05) is 6.07 Å². The van der Waals surface area contributed by atoms with Gasteiger partial charge >= 0.3 is 0 Å². The summed E-state index contributed by atoms with van der Waals surface area (Å²) >= 11 is 6.38. The summed E-state index contributed by atoms with van der Waals surface area (Å²) in [6.45, 7) is 5.48. The van der Waals surface area contributed by atoms with E-state index in [9.17, 15) is 0 Å². The summed E-state index contributed by atoms with van der Waals surface area (Å²) in [5, 5.41) is 9.95. The van der Waals surface area contributed by atoms with Crippen molar-refractivity contribution in [3.63, 3.8) is 0 Å². The minimum atomic E-state index is 0.254. The molecule has 0 saturated carbocycles. The van der Waals surface area contributed by atoms with Crippen LogP contribution in [0.5, 0.6) is 0 Å². The quantitative estimate of drug-likeness (QED) is 0.894. The van der Waals surface area contributed by atoms with Gasteiger partial charge in [0.1, 0.15) is 0 Å². The van der Waals surface area contributed by atoms with Gasteiger partial charge in [-0.15, -0.1) is 0 Å². The Hall–Kier alpha value is -0.730. The SMILES string of the molecule is Cc1cc(C)c(N2CCCC2CCO)c(Cl)c1. The molecule has 1 saturated heterocycles. The molecule has 1 atom stereocenters. The van der Waals surface area contributed by atoms with Gasteiger partial charge in [-0.05, 0) is 50.3 Å². The van der Waals surface area contributed by atoms with E-state index in [-0.39, 0.29) is 6.61 Å². The second-order valence-corrected chi connectivity index (χ2v) is 5.32. The van der Waals surface area contributed by atoms with Crippen molar-refractivity contribution in [1.29, 1.82) is 0 Å². The predicted molar refractivity (Wildman–Crippen MR) is 73.0 cm³/mol. The second-order valence-electron chi connectivity index (χ2n) is 4.91. The first kappa shape index (κ1) is 12.7. The Balaban J connectivity index is 2.33. The van der Waals surface area contributed by atoms with E-state index in [1.165, 1.54) is 17.5 Å². The van der Waals surface area contributed by atoms with Gasteiger partial charge in [0, 0.05) is 19.2 Å². The summed E-state index contributed by atoms with van der Waals surface area (Å²) < 4.78 is 0. The summed E-state index contributed by atoms with van der Waals surface area (Å²) in [5.74, 6) is 0. The molecule has 1 N–H and O–H groups in total. The fraction of sp³-hybridized carbons (Fsp3) is 0.571. The summed E-state index contributed by atoms with van der Waals surface area (Å²) in [4.78, 5) is 2.37. The molecule has 94 valence electrons. The van der Waals surface area contributed by atoms with Crippen LogP contribution < -0.4 is 4.90 Å². The molecule has 1 unspecified atom stereocenters. The Morgan fingerprint density at radius 3 is 2.82 bits per heavy atom. The normalized spacial score (nSPS) is 20.0. The van der Waals surface area contributed by atoms with Crippen molar-refractivity contribution in [3.8, 4) is 0 Å². The van der Waals surface area contributed by atoms with E-state index in [0.29, 0.717) is 6.04 Å². The first-order valence-corrected chi connectivity index (χ1v) is 6.65. The van der Waals surface area contributed by atoms with Gasteiger partial charge in [-0.1, -0.05) is 17.7 Å². The van der Waals surface area contributed by atoms with Gasteiger partial charge in [0.05, 0.1) is 10.7 Å². The Bertz CT molecular complexity index is 382. The molecule has 17 heavy (non-hydrogen) atoms. The van der Waals surface area contributed by atoms with Crippen molar-refractivity contribution in [2.75, 3.05) is 18.1 Å². The van der Waals surface area contributed by atoms with Crippen molar-refractivity contribution in [2.45, 2.75) is 39.2 Å². The van der Waals surface area contributed by atoms with Crippen LogP contribution in [-0.4, -0.2) is 24.3 Å². The van der Waals surface area contributed by atoms with Gasteiger partial charge in [-0.2, -0.15) is 0 Å². The number of anilines is 1. The molecule has 0 amide bonds. The second kappa shape index (κ2) is 5.28. The van der Waals surface area contributed by atoms with Gasteiger partial charge in [-0.3, -0.25) is 0 Å². The monoisotopic (exact) mass is 253 g/mol. The average molecular weight is 254 g/mol. The lowest BCUT2D eigenvalue weighted by atomic mass is 10.1. The highest BCUT2D eigenvalue weighted by atomic mass is 35.5. The van der Waals surface area contributed by atoms with Gasteiger partial charge in [0.25, 0.3) is 0 Å². The Morgan fingerprint density at radius 1 is 1.41 bits per heavy atom. The molecule has 0 aliphatic carbocycles. The summed E-state index contributed by atoms with van der Waals surface area (Å²) in [6.07, 6.45) is 3.18. The standard InChI is InChI=1S/C14H20ClNO/c1-10-8-11(2)14(13(15)9-10)16-6-3-4-12(16)5-7-17/h8-9,12,17H,3-7H2,1-2H3.